The zero-order valence-electron chi connectivity index (χ0n) is 18.0. The summed E-state index contributed by atoms with van der Waals surface area (Å²) in [4.78, 5) is 13.6. The number of aliphatic hydroxyl groups is 1. The molecule has 2 saturated carbocycles. The van der Waals surface area contributed by atoms with Gasteiger partial charge in [-0.3, -0.25) is 9.69 Å². The summed E-state index contributed by atoms with van der Waals surface area (Å²) >= 11 is 0. The molecule has 5 aliphatic rings. The topological polar surface area (TPSA) is 52.3 Å². The highest BCUT2D eigenvalue weighted by atomic mass is 16.3. The third-order valence-electron chi connectivity index (χ3n) is 9.49. The van der Waals surface area contributed by atoms with Crippen molar-refractivity contribution in [2.24, 2.45) is 17.8 Å². The summed E-state index contributed by atoms with van der Waals surface area (Å²) in [6, 6.07) is 9.94. The van der Waals surface area contributed by atoms with Gasteiger partial charge in [0.05, 0.1) is 0 Å². The SMILES string of the molecule is O=Cc1ccc([C@@H](C2CCCC2)[C@@H]2C[C@@H]([C@H]3CC[C@H]4CCC[C@@H]4N3)[C@]3(O)CN23)cc1. The van der Waals surface area contributed by atoms with E-state index in [1.807, 2.05) is 12.1 Å². The van der Waals surface area contributed by atoms with Crippen LogP contribution in [0.2, 0.25) is 0 Å². The first-order valence-corrected chi connectivity index (χ1v) is 12.5. The van der Waals surface area contributed by atoms with Gasteiger partial charge in [0, 0.05) is 42.1 Å². The van der Waals surface area contributed by atoms with Gasteiger partial charge in [-0.05, 0) is 62.3 Å². The molecule has 30 heavy (non-hydrogen) atoms. The minimum Gasteiger partial charge on any atom is -0.374 e. The lowest BCUT2D eigenvalue weighted by Crippen LogP contribution is -2.51. The third-order valence-corrected chi connectivity index (χ3v) is 9.49. The number of carbonyl (C=O) groups excluding carboxylic acids is 1. The lowest BCUT2D eigenvalue weighted by Gasteiger charge is -2.39. The van der Waals surface area contributed by atoms with Crippen LogP contribution in [-0.4, -0.2) is 46.7 Å². The van der Waals surface area contributed by atoms with Crippen LogP contribution in [0.4, 0.5) is 0 Å². The van der Waals surface area contributed by atoms with Crippen LogP contribution in [0.15, 0.2) is 24.3 Å². The standard InChI is InChI=1S/C26H36N2O2/c29-15-17-8-10-20(11-9-17)25(19-4-1-2-5-19)24-14-21(26(30)16-28(24)26)23-13-12-18-6-3-7-22(18)27-23/h8-11,15,18-19,21-25,27,30H,1-7,12-14,16H2/t18-,21+,22+,23-,24+,25-,26-,28?/m1/s1. The van der Waals surface area contributed by atoms with Gasteiger partial charge in [0.1, 0.15) is 12.0 Å². The molecule has 5 fully saturated rings. The lowest BCUT2D eigenvalue weighted by atomic mass is 9.75. The van der Waals surface area contributed by atoms with Crippen molar-refractivity contribution in [1.82, 2.24) is 10.2 Å². The highest BCUT2D eigenvalue weighted by Crippen LogP contribution is 2.57. The molecule has 4 heteroatoms. The predicted octanol–water partition coefficient (Wildman–Crippen LogP) is 4.09. The molecule has 3 heterocycles. The molecule has 0 radical (unpaired) electrons. The van der Waals surface area contributed by atoms with Crippen molar-refractivity contribution in [3.05, 3.63) is 35.4 Å². The zero-order valence-corrected chi connectivity index (χ0v) is 18.0. The van der Waals surface area contributed by atoms with Crippen molar-refractivity contribution in [3.63, 3.8) is 0 Å². The quantitative estimate of drug-likeness (QED) is 0.569. The van der Waals surface area contributed by atoms with Gasteiger partial charge in [0.25, 0.3) is 0 Å². The first-order valence-electron chi connectivity index (χ1n) is 12.5. The molecule has 1 unspecified atom stereocenters. The zero-order chi connectivity index (χ0) is 20.3. The van der Waals surface area contributed by atoms with Crippen molar-refractivity contribution in [3.8, 4) is 0 Å². The summed E-state index contributed by atoms with van der Waals surface area (Å²) in [5, 5.41) is 15.5. The van der Waals surface area contributed by atoms with Crippen LogP contribution >= 0.6 is 0 Å². The molecule has 0 aromatic heterocycles. The number of carbonyl (C=O) groups is 1. The Hall–Kier alpha value is -1.23. The maximum absolute atomic E-state index is 11.6. The van der Waals surface area contributed by atoms with E-state index < -0.39 is 5.72 Å². The molecule has 4 nitrogen and oxygen atoms in total. The van der Waals surface area contributed by atoms with Gasteiger partial charge in [-0.15, -0.1) is 0 Å². The Kier molecular flexibility index (Phi) is 4.82. The van der Waals surface area contributed by atoms with Crippen molar-refractivity contribution < 1.29 is 9.90 Å². The number of aldehydes is 1. The van der Waals surface area contributed by atoms with E-state index in [0.717, 1.165) is 30.7 Å². The second-order valence-electron chi connectivity index (χ2n) is 10.9. The predicted molar refractivity (Wildman–Crippen MR) is 117 cm³/mol. The average molecular weight is 409 g/mol. The van der Waals surface area contributed by atoms with Crippen LogP contribution in [-0.2, 0) is 0 Å². The molecule has 3 aliphatic heterocycles. The molecule has 2 N–H and O–H groups in total. The van der Waals surface area contributed by atoms with Gasteiger partial charge < -0.3 is 10.4 Å². The van der Waals surface area contributed by atoms with E-state index in [-0.39, 0.29) is 0 Å². The van der Waals surface area contributed by atoms with Gasteiger partial charge >= 0.3 is 0 Å². The number of rotatable bonds is 5. The van der Waals surface area contributed by atoms with E-state index >= 15 is 0 Å². The molecule has 2 aliphatic carbocycles. The van der Waals surface area contributed by atoms with Gasteiger partial charge in [-0.1, -0.05) is 43.5 Å². The number of nitrogens with one attached hydrogen (secondary N) is 1. The number of nitrogens with zero attached hydrogens (tertiary/aromatic N) is 1. The molecular weight excluding hydrogens is 372 g/mol. The van der Waals surface area contributed by atoms with Gasteiger partial charge in [0.15, 0.2) is 0 Å². The van der Waals surface area contributed by atoms with Crippen LogP contribution in [0.25, 0.3) is 0 Å². The van der Waals surface area contributed by atoms with Crippen LogP contribution in [0.3, 0.4) is 0 Å². The van der Waals surface area contributed by atoms with Crippen LogP contribution < -0.4 is 5.32 Å². The minimum atomic E-state index is -0.576. The van der Waals surface area contributed by atoms with Crippen LogP contribution in [0, 0.1) is 17.8 Å². The summed E-state index contributed by atoms with van der Waals surface area (Å²) in [6.45, 7) is 0.851. The first-order chi connectivity index (χ1) is 14.7. The fourth-order valence-electron chi connectivity index (χ4n) is 7.95. The van der Waals surface area contributed by atoms with E-state index in [2.05, 4.69) is 22.3 Å². The van der Waals surface area contributed by atoms with Gasteiger partial charge in [-0.25, -0.2) is 0 Å². The third kappa shape index (κ3) is 3.10. The van der Waals surface area contributed by atoms with Crippen molar-refractivity contribution in [2.45, 2.75) is 94.0 Å². The fraction of sp³-hybridized carbons (Fsp3) is 0.731. The van der Waals surface area contributed by atoms with E-state index in [0.29, 0.717) is 35.9 Å². The summed E-state index contributed by atoms with van der Waals surface area (Å²) in [7, 11) is 0. The minimum absolute atomic E-state index is 0.363. The molecule has 1 aromatic carbocycles. The van der Waals surface area contributed by atoms with Crippen molar-refractivity contribution in [2.75, 3.05) is 6.54 Å². The Labute approximate surface area is 180 Å². The van der Waals surface area contributed by atoms with E-state index in [1.165, 1.54) is 63.4 Å². The highest BCUT2D eigenvalue weighted by Gasteiger charge is 2.68. The van der Waals surface area contributed by atoms with E-state index in [1.54, 1.807) is 0 Å². The Morgan fingerprint density at radius 1 is 1.00 bits per heavy atom. The normalized spacial score (nSPS) is 43.9. The molecule has 0 amide bonds. The number of fused-ring (bicyclic) bond motifs is 2. The summed E-state index contributed by atoms with van der Waals surface area (Å²) in [6.07, 6.45) is 14.0. The monoisotopic (exact) mass is 408 g/mol. The van der Waals surface area contributed by atoms with E-state index in [9.17, 15) is 9.90 Å². The highest BCUT2D eigenvalue weighted by molar-refractivity contribution is 5.74. The summed E-state index contributed by atoms with van der Waals surface area (Å²) in [5.41, 5.74) is 1.56. The largest absolute Gasteiger partial charge is 0.374 e. The number of hydrogen-bond acceptors (Lipinski definition) is 4. The second-order valence-corrected chi connectivity index (χ2v) is 10.9. The lowest BCUT2D eigenvalue weighted by molar-refractivity contribution is 0.0324. The van der Waals surface area contributed by atoms with Crippen molar-refractivity contribution in [1.29, 1.82) is 0 Å². The smallest absolute Gasteiger partial charge is 0.150 e. The molecule has 162 valence electrons. The van der Waals surface area contributed by atoms with Gasteiger partial charge in [-0.2, -0.15) is 0 Å². The molecule has 0 spiro atoms. The molecule has 1 aromatic rings. The molecule has 0 bridgehead atoms. The average Bonchev–Trinajstić information content (AvgIpc) is 3.21. The number of benzene rings is 1. The molecular formula is C26H36N2O2. The number of piperidine rings is 2. The number of hydrogen-bond donors (Lipinski definition) is 2. The fourth-order valence-corrected chi connectivity index (χ4v) is 7.95. The van der Waals surface area contributed by atoms with E-state index in [4.69, 9.17) is 0 Å². The maximum Gasteiger partial charge on any atom is 0.150 e. The second kappa shape index (κ2) is 7.43. The first kappa shape index (κ1) is 19.5. The molecule has 6 rings (SSSR count). The molecule has 8 atom stereocenters. The Morgan fingerprint density at radius 2 is 1.80 bits per heavy atom. The summed E-state index contributed by atoms with van der Waals surface area (Å²) in [5.74, 6) is 2.43. The Balaban J connectivity index is 1.26. The van der Waals surface area contributed by atoms with Crippen LogP contribution in [0.5, 0.6) is 0 Å². The molecule has 3 saturated heterocycles. The summed E-state index contributed by atoms with van der Waals surface area (Å²) < 4.78 is 0. The van der Waals surface area contributed by atoms with Crippen molar-refractivity contribution >= 4 is 6.29 Å². The van der Waals surface area contributed by atoms with Crippen LogP contribution in [0.1, 0.15) is 86.0 Å². The van der Waals surface area contributed by atoms with Gasteiger partial charge in [0.2, 0.25) is 0 Å². The maximum atomic E-state index is 11.6. The Bertz CT molecular complexity index is 789. The Morgan fingerprint density at radius 3 is 2.57 bits per heavy atom.